The Labute approximate surface area is 202 Å². The van der Waals surface area contributed by atoms with E-state index in [-0.39, 0.29) is 0 Å². The van der Waals surface area contributed by atoms with Gasteiger partial charge in [0.05, 0.1) is 12.2 Å². The summed E-state index contributed by atoms with van der Waals surface area (Å²) in [5.74, 6) is 0.842. The highest BCUT2D eigenvalue weighted by Gasteiger charge is 2.25. The molecular weight excluding hydrogens is 392 g/mol. The summed E-state index contributed by atoms with van der Waals surface area (Å²) in [5.41, 5.74) is 0. The molecule has 0 bridgehead atoms. The highest BCUT2D eigenvalue weighted by molar-refractivity contribution is 4.81. The van der Waals surface area contributed by atoms with Crippen LogP contribution in [-0.2, 0) is 9.47 Å². The molecule has 0 N–H and O–H groups in total. The first-order valence-corrected chi connectivity index (χ1v) is 14.7. The minimum absolute atomic E-state index is 0.525. The molecule has 0 heterocycles. The third kappa shape index (κ3) is 14.9. The summed E-state index contributed by atoms with van der Waals surface area (Å²) in [4.78, 5) is 0. The Kier molecular flexibility index (Phi) is 17.9. The van der Waals surface area contributed by atoms with Crippen molar-refractivity contribution in [2.75, 3.05) is 13.2 Å². The molecule has 32 heavy (non-hydrogen) atoms. The van der Waals surface area contributed by atoms with Crippen LogP contribution in [0, 0.1) is 19.3 Å². The van der Waals surface area contributed by atoms with Crippen molar-refractivity contribution in [3.8, 4) is 0 Å². The Morgan fingerprint density at radius 2 is 1.16 bits per heavy atom. The first-order valence-electron chi connectivity index (χ1n) is 14.7. The molecule has 0 amide bonds. The van der Waals surface area contributed by atoms with Gasteiger partial charge in [-0.15, -0.1) is 0 Å². The van der Waals surface area contributed by atoms with E-state index in [1.807, 2.05) is 0 Å². The maximum Gasteiger partial charge on any atom is 0.0578 e. The lowest BCUT2D eigenvalue weighted by molar-refractivity contribution is 0.0408. The second-order valence-corrected chi connectivity index (χ2v) is 10.7. The predicted octanol–water partition coefficient (Wildman–Crippen LogP) is 9.41. The average Bonchev–Trinajstić information content (AvgIpc) is 3.48. The molecule has 0 aromatic rings. The number of unbranched alkanes of at least 4 members (excludes halogenated alkanes) is 15. The van der Waals surface area contributed by atoms with Crippen LogP contribution < -0.4 is 0 Å². The third-order valence-electron chi connectivity index (χ3n) is 7.74. The quantitative estimate of drug-likeness (QED) is 0.154. The van der Waals surface area contributed by atoms with Crippen molar-refractivity contribution < 1.29 is 9.47 Å². The zero-order chi connectivity index (χ0) is 22.5. The van der Waals surface area contributed by atoms with E-state index in [1.54, 1.807) is 0 Å². The van der Waals surface area contributed by atoms with Crippen molar-refractivity contribution in [3.05, 3.63) is 13.3 Å². The standard InChI is InChI=1S/C30H56O2/c1-2-3-4-5-6-7-8-9-10-11-12-13-14-15-16-19-25-31-30-23-22-28(27-30)24-26-32-29-20-17-18-21-29/h17,28-30H,1-16,18-27H2. The van der Waals surface area contributed by atoms with E-state index in [0.29, 0.717) is 12.2 Å². The van der Waals surface area contributed by atoms with Gasteiger partial charge in [0.1, 0.15) is 0 Å². The zero-order valence-electron chi connectivity index (χ0n) is 21.5. The number of ether oxygens (including phenoxy) is 2. The molecule has 2 aliphatic carbocycles. The van der Waals surface area contributed by atoms with Gasteiger partial charge in [-0.1, -0.05) is 103 Å². The minimum Gasteiger partial charge on any atom is -0.378 e. The molecule has 3 unspecified atom stereocenters. The van der Waals surface area contributed by atoms with Gasteiger partial charge in [0, 0.05) is 13.2 Å². The van der Waals surface area contributed by atoms with Gasteiger partial charge in [-0.3, -0.25) is 0 Å². The van der Waals surface area contributed by atoms with E-state index in [1.165, 1.54) is 141 Å². The SMILES string of the molecule is [CH2]CCCCCCCCCCCCCCCCCOC1CCC(CCOC2C[CH]CC2)C1. The molecule has 0 aliphatic heterocycles. The third-order valence-corrected chi connectivity index (χ3v) is 7.74. The number of hydrogen-bond acceptors (Lipinski definition) is 2. The van der Waals surface area contributed by atoms with Gasteiger partial charge < -0.3 is 9.47 Å². The van der Waals surface area contributed by atoms with Crippen LogP contribution in [0.4, 0.5) is 0 Å². The molecule has 0 spiro atoms. The lowest BCUT2D eigenvalue weighted by Crippen LogP contribution is -2.12. The van der Waals surface area contributed by atoms with Crippen LogP contribution >= 0.6 is 0 Å². The molecule has 2 aliphatic rings. The van der Waals surface area contributed by atoms with Crippen molar-refractivity contribution in [2.45, 2.75) is 160 Å². The highest BCUT2D eigenvalue weighted by Crippen LogP contribution is 2.31. The fourth-order valence-electron chi connectivity index (χ4n) is 5.55. The van der Waals surface area contributed by atoms with Crippen LogP contribution in [-0.4, -0.2) is 25.4 Å². The van der Waals surface area contributed by atoms with Crippen molar-refractivity contribution in [2.24, 2.45) is 5.92 Å². The summed E-state index contributed by atoms with van der Waals surface area (Å²) >= 11 is 0. The molecular formula is C30H56O2. The smallest absolute Gasteiger partial charge is 0.0578 e. The molecule has 2 heteroatoms. The van der Waals surface area contributed by atoms with Crippen molar-refractivity contribution in [1.82, 2.24) is 0 Å². The summed E-state index contributed by atoms with van der Waals surface area (Å²) in [6.45, 7) is 5.87. The molecule has 0 saturated heterocycles. The highest BCUT2D eigenvalue weighted by atomic mass is 16.5. The molecule has 3 atom stereocenters. The summed E-state index contributed by atoms with van der Waals surface area (Å²) in [5, 5.41) is 0. The molecule has 0 aromatic carbocycles. The fourth-order valence-corrected chi connectivity index (χ4v) is 5.55. The van der Waals surface area contributed by atoms with Crippen LogP contribution in [0.25, 0.3) is 0 Å². The van der Waals surface area contributed by atoms with Crippen LogP contribution in [0.5, 0.6) is 0 Å². The van der Waals surface area contributed by atoms with Crippen molar-refractivity contribution >= 4 is 0 Å². The summed E-state index contributed by atoms with van der Waals surface area (Å²) in [6, 6.07) is 0. The molecule has 2 radical (unpaired) electrons. The maximum atomic E-state index is 6.18. The van der Waals surface area contributed by atoms with Gasteiger partial charge in [0.25, 0.3) is 0 Å². The first kappa shape index (κ1) is 28.2. The van der Waals surface area contributed by atoms with Crippen LogP contribution in [0.1, 0.15) is 148 Å². The van der Waals surface area contributed by atoms with E-state index >= 15 is 0 Å². The number of rotatable bonds is 22. The maximum absolute atomic E-state index is 6.18. The van der Waals surface area contributed by atoms with Gasteiger partial charge in [-0.2, -0.15) is 0 Å². The lowest BCUT2D eigenvalue weighted by atomic mass is 10.0. The molecule has 2 saturated carbocycles. The van der Waals surface area contributed by atoms with E-state index < -0.39 is 0 Å². The largest absolute Gasteiger partial charge is 0.378 e. The molecule has 2 fully saturated rings. The van der Waals surface area contributed by atoms with E-state index in [4.69, 9.17) is 9.47 Å². The number of hydrogen-bond donors (Lipinski definition) is 0. The second-order valence-electron chi connectivity index (χ2n) is 10.7. The topological polar surface area (TPSA) is 18.5 Å². The van der Waals surface area contributed by atoms with Gasteiger partial charge in [0.15, 0.2) is 0 Å². The van der Waals surface area contributed by atoms with Crippen molar-refractivity contribution in [1.29, 1.82) is 0 Å². The average molecular weight is 449 g/mol. The summed E-state index contributed by atoms with van der Waals surface area (Å²) in [7, 11) is 0. The summed E-state index contributed by atoms with van der Waals surface area (Å²) in [6.07, 6.45) is 34.6. The zero-order valence-corrected chi connectivity index (χ0v) is 21.5. The Morgan fingerprint density at radius 3 is 1.72 bits per heavy atom. The van der Waals surface area contributed by atoms with Gasteiger partial charge in [-0.25, -0.2) is 0 Å². The predicted molar refractivity (Wildman–Crippen MR) is 139 cm³/mol. The Hall–Kier alpha value is -0.0800. The van der Waals surface area contributed by atoms with Gasteiger partial charge >= 0.3 is 0 Å². The van der Waals surface area contributed by atoms with E-state index in [9.17, 15) is 0 Å². The van der Waals surface area contributed by atoms with Crippen LogP contribution in [0.15, 0.2) is 0 Å². The molecule has 2 nitrogen and oxygen atoms in total. The van der Waals surface area contributed by atoms with Crippen LogP contribution in [0.3, 0.4) is 0 Å². The normalized spacial score (nSPS) is 21.7. The monoisotopic (exact) mass is 448 g/mol. The van der Waals surface area contributed by atoms with E-state index in [0.717, 1.165) is 25.6 Å². The van der Waals surface area contributed by atoms with Gasteiger partial charge in [0.2, 0.25) is 0 Å². The second kappa shape index (κ2) is 20.3. The Balaban J connectivity index is 1.24. The van der Waals surface area contributed by atoms with E-state index in [2.05, 4.69) is 13.3 Å². The van der Waals surface area contributed by atoms with Crippen molar-refractivity contribution in [3.63, 3.8) is 0 Å². The lowest BCUT2D eigenvalue weighted by Gasteiger charge is -2.15. The fraction of sp³-hybridized carbons (Fsp3) is 0.933. The van der Waals surface area contributed by atoms with Gasteiger partial charge in [-0.05, 0) is 63.7 Å². The Morgan fingerprint density at radius 1 is 0.594 bits per heavy atom. The Bertz CT molecular complexity index is 390. The first-order chi connectivity index (χ1) is 15.9. The minimum atomic E-state index is 0.525. The molecule has 2 rings (SSSR count). The van der Waals surface area contributed by atoms with Crippen LogP contribution in [0.2, 0.25) is 0 Å². The molecule has 188 valence electrons. The molecule has 0 aromatic heterocycles. The summed E-state index contributed by atoms with van der Waals surface area (Å²) < 4.78 is 12.2.